The molecule has 0 radical (unpaired) electrons. The third kappa shape index (κ3) is 3.89. The predicted octanol–water partition coefficient (Wildman–Crippen LogP) is 7.30. The number of piperidine rings is 1. The first-order valence-corrected chi connectivity index (χ1v) is 13.3. The van der Waals surface area contributed by atoms with E-state index in [1.807, 2.05) is 41.6 Å². The van der Waals surface area contributed by atoms with Crippen molar-refractivity contribution in [3.63, 3.8) is 0 Å². The van der Waals surface area contributed by atoms with Gasteiger partial charge in [-0.2, -0.15) is 0 Å². The molecule has 1 aliphatic carbocycles. The van der Waals surface area contributed by atoms with Crippen LogP contribution < -0.4 is 5.32 Å². The zero-order valence-electron chi connectivity index (χ0n) is 19.0. The number of rotatable bonds is 3. The number of fused-ring (bicyclic) bond motifs is 2. The van der Waals surface area contributed by atoms with E-state index in [0.29, 0.717) is 0 Å². The van der Waals surface area contributed by atoms with Crippen molar-refractivity contribution < 1.29 is 4.79 Å². The van der Waals surface area contributed by atoms with E-state index in [0.717, 1.165) is 70.3 Å². The summed E-state index contributed by atoms with van der Waals surface area (Å²) >= 11 is 7.82. The van der Waals surface area contributed by atoms with E-state index in [2.05, 4.69) is 22.0 Å². The number of nitrogens with one attached hydrogen (secondary N) is 1. The summed E-state index contributed by atoms with van der Waals surface area (Å²) in [6.45, 7) is 1.64. The third-order valence-corrected chi connectivity index (χ3v) is 8.19. The molecule has 7 heteroatoms. The second-order valence-corrected chi connectivity index (χ2v) is 10.6. The van der Waals surface area contributed by atoms with Crippen LogP contribution in [0.5, 0.6) is 0 Å². The van der Waals surface area contributed by atoms with Gasteiger partial charge < -0.3 is 9.47 Å². The predicted molar refractivity (Wildman–Crippen MR) is 140 cm³/mol. The van der Waals surface area contributed by atoms with Gasteiger partial charge in [0.05, 0.1) is 5.69 Å². The fourth-order valence-corrected chi connectivity index (χ4v) is 6.51. The second kappa shape index (κ2) is 9.08. The Balaban J connectivity index is 1.58. The number of anilines is 1. The lowest BCUT2D eigenvalue weighted by molar-refractivity contribution is 0.200. The van der Waals surface area contributed by atoms with Crippen LogP contribution in [0.1, 0.15) is 43.4 Å². The topological polar surface area (TPSA) is 50.2 Å². The van der Waals surface area contributed by atoms with Crippen molar-refractivity contribution in [3.05, 3.63) is 65.1 Å². The largest absolute Gasteiger partial charge is 0.325 e. The minimum Gasteiger partial charge on any atom is -0.325 e. The highest BCUT2D eigenvalue weighted by molar-refractivity contribution is 7.23. The Morgan fingerprint density at radius 3 is 2.47 bits per heavy atom. The minimum atomic E-state index is -0.0162. The summed E-state index contributed by atoms with van der Waals surface area (Å²) in [5.41, 5.74) is 5.91. The Bertz CT molecular complexity index is 1340. The maximum absolute atomic E-state index is 13.2. The Hall–Kier alpha value is -2.83. The van der Waals surface area contributed by atoms with Crippen LogP contribution in [0.3, 0.4) is 0 Å². The van der Waals surface area contributed by atoms with E-state index in [1.54, 1.807) is 11.3 Å². The molecule has 0 bridgehead atoms. The molecule has 2 aliphatic rings. The van der Waals surface area contributed by atoms with Gasteiger partial charge in [0.25, 0.3) is 0 Å². The lowest BCUT2D eigenvalue weighted by Crippen LogP contribution is -2.38. The maximum atomic E-state index is 13.2. The summed E-state index contributed by atoms with van der Waals surface area (Å²) in [4.78, 5) is 21.2. The molecule has 1 fully saturated rings. The van der Waals surface area contributed by atoms with Gasteiger partial charge >= 0.3 is 6.03 Å². The third-order valence-electron chi connectivity index (χ3n) is 6.95. The number of hydrogen-bond acceptors (Lipinski definition) is 3. The number of aryl methyl sites for hydroxylation is 1. The molecule has 4 aromatic rings. The normalized spacial score (nSPS) is 16.0. The van der Waals surface area contributed by atoms with Gasteiger partial charge in [0, 0.05) is 41.6 Å². The molecule has 1 aliphatic heterocycles. The molecule has 0 unspecified atom stereocenters. The molecule has 4 heterocycles. The molecule has 0 spiro atoms. The number of nitrogens with zero attached hydrogens (tertiary/aromatic N) is 3. The van der Waals surface area contributed by atoms with Gasteiger partial charge in [-0.15, -0.1) is 0 Å². The number of thiophene rings is 1. The van der Waals surface area contributed by atoms with Crippen molar-refractivity contribution in [2.24, 2.45) is 0 Å². The van der Waals surface area contributed by atoms with Crippen LogP contribution in [0, 0.1) is 0 Å². The summed E-state index contributed by atoms with van der Waals surface area (Å²) in [5.74, 6) is 0. The van der Waals surface area contributed by atoms with E-state index in [1.165, 1.54) is 36.1 Å². The summed E-state index contributed by atoms with van der Waals surface area (Å²) in [6, 6.07) is 12.2. The number of aromatic nitrogens is 2. The van der Waals surface area contributed by atoms with Gasteiger partial charge in [0.15, 0.2) is 0 Å². The SMILES string of the molecule is O=C(Nc1sc2nc3c(c(-c4ccc(Cl)cc4)c2c1-n1cccc1)CCCC3)N1CCCCC1. The summed E-state index contributed by atoms with van der Waals surface area (Å²) in [6.07, 6.45) is 11.8. The van der Waals surface area contributed by atoms with Gasteiger partial charge in [0.1, 0.15) is 9.83 Å². The van der Waals surface area contributed by atoms with Gasteiger partial charge in [-0.3, -0.25) is 5.32 Å². The van der Waals surface area contributed by atoms with Crippen molar-refractivity contribution >= 4 is 44.2 Å². The first-order valence-electron chi connectivity index (χ1n) is 12.1. The molecule has 3 aromatic heterocycles. The van der Waals surface area contributed by atoms with Crippen LogP contribution in [0.25, 0.3) is 27.0 Å². The van der Waals surface area contributed by atoms with E-state index in [-0.39, 0.29) is 6.03 Å². The van der Waals surface area contributed by atoms with Crippen molar-refractivity contribution in [2.75, 3.05) is 18.4 Å². The zero-order valence-corrected chi connectivity index (χ0v) is 20.6. The van der Waals surface area contributed by atoms with E-state index in [9.17, 15) is 4.79 Å². The number of likely N-dealkylation sites (tertiary alicyclic amines) is 1. The summed E-state index contributed by atoms with van der Waals surface area (Å²) in [5, 5.41) is 5.95. The molecule has 34 heavy (non-hydrogen) atoms. The number of amides is 2. The van der Waals surface area contributed by atoms with Gasteiger partial charge in [-0.25, -0.2) is 9.78 Å². The van der Waals surface area contributed by atoms with Crippen molar-refractivity contribution in [2.45, 2.75) is 44.9 Å². The molecule has 1 aromatic carbocycles. The van der Waals surface area contributed by atoms with E-state index in [4.69, 9.17) is 16.6 Å². The molecule has 5 nitrogen and oxygen atoms in total. The summed E-state index contributed by atoms with van der Waals surface area (Å²) in [7, 11) is 0. The number of pyridine rings is 1. The lowest BCUT2D eigenvalue weighted by atomic mass is 9.87. The van der Waals surface area contributed by atoms with Crippen LogP contribution in [0.4, 0.5) is 9.80 Å². The van der Waals surface area contributed by atoms with Crippen LogP contribution in [-0.2, 0) is 12.8 Å². The minimum absolute atomic E-state index is 0.0162. The van der Waals surface area contributed by atoms with Crippen molar-refractivity contribution in [1.82, 2.24) is 14.5 Å². The number of carbonyl (C=O) groups is 1. The highest BCUT2D eigenvalue weighted by Crippen LogP contribution is 2.46. The van der Waals surface area contributed by atoms with Crippen LogP contribution >= 0.6 is 22.9 Å². The highest BCUT2D eigenvalue weighted by atomic mass is 35.5. The summed E-state index contributed by atoms with van der Waals surface area (Å²) < 4.78 is 2.11. The number of carbonyl (C=O) groups excluding carboxylic acids is 1. The molecule has 174 valence electrons. The van der Waals surface area contributed by atoms with E-state index >= 15 is 0 Å². The molecule has 1 N–H and O–H groups in total. The second-order valence-electron chi connectivity index (χ2n) is 9.15. The van der Waals surface area contributed by atoms with Crippen LogP contribution in [0.15, 0.2) is 48.8 Å². The van der Waals surface area contributed by atoms with Gasteiger partial charge in [-0.1, -0.05) is 35.1 Å². The first kappa shape index (κ1) is 21.7. The Morgan fingerprint density at radius 2 is 1.71 bits per heavy atom. The fraction of sp³-hybridized carbons (Fsp3) is 0.333. The monoisotopic (exact) mass is 490 g/mol. The molecular weight excluding hydrogens is 464 g/mol. The molecule has 0 saturated carbocycles. The average Bonchev–Trinajstić information content (AvgIpc) is 3.51. The Morgan fingerprint density at radius 1 is 0.971 bits per heavy atom. The van der Waals surface area contributed by atoms with Gasteiger partial charge in [-0.05, 0) is 85.9 Å². The molecule has 2 amide bonds. The Labute approximate surface area is 208 Å². The van der Waals surface area contributed by atoms with Crippen molar-refractivity contribution in [1.29, 1.82) is 0 Å². The number of hydrogen-bond donors (Lipinski definition) is 1. The van der Waals surface area contributed by atoms with Gasteiger partial charge in [0.2, 0.25) is 0 Å². The standard InChI is InChI=1S/C27H27ClN4OS/c28-19-12-10-18(11-13-19)22-20-8-2-3-9-21(20)29-25-23(22)24(31-14-6-7-15-31)26(34-25)30-27(33)32-16-4-1-5-17-32/h6-7,10-15H,1-5,8-9,16-17H2,(H,30,33). The Kier molecular flexibility index (Phi) is 5.79. The number of urea groups is 1. The first-order chi connectivity index (χ1) is 16.7. The zero-order chi connectivity index (χ0) is 23.1. The average molecular weight is 491 g/mol. The highest BCUT2D eigenvalue weighted by Gasteiger charge is 2.27. The van der Waals surface area contributed by atoms with Crippen LogP contribution in [0.2, 0.25) is 5.02 Å². The molecule has 6 rings (SSSR count). The number of benzene rings is 1. The number of halogens is 1. The molecule has 0 atom stereocenters. The smallest absolute Gasteiger partial charge is 0.322 e. The molecular formula is C27H27ClN4OS. The van der Waals surface area contributed by atoms with Crippen LogP contribution in [-0.4, -0.2) is 33.6 Å². The quantitative estimate of drug-likeness (QED) is 0.327. The van der Waals surface area contributed by atoms with Crippen molar-refractivity contribution in [3.8, 4) is 16.8 Å². The molecule has 1 saturated heterocycles. The van der Waals surface area contributed by atoms with E-state index < -0.39 is 0 Å². The lowest BCUT2D eigenvalue weighted by Gasteiger charge is -2.26. The fourth-order valence-electron chi connectivity index (χ4n) is 5.29. The maximum Gasteiger partial charge on any atom is 0.322 e.